The van der Waals surface area contributed by atoms with Crippen molar-refractivity contribution in [3.8, 4) is 11.5 Å². The number of aryl methyl sites for hydroxylation is 1. The van der Waals surface area contributed by atoms with Crippen LogP contribution in [-0.4, -0.2) is 46.2 Å². The number of nitrogens with one attached hydrogen (secondary N) is 1. The molecule has 2 aliphatic carbocycles. The third-order valence-electron chi connectivity index (χ3n) is 11.7. The molecule has 3 aromatic carbocycles. The molecule has 8 rings (SSSR count). The Balaban J connectivity index is 0.914. The number of rotatable bonds is 11. The number of aromatic carboxylic acids is 1. The van der Waals surface area contributed by atoms with E-state index in [2.05, 4.69) is 47.0 Å². The number of hydrogen-bond donors (Lipinski definition) is 2. The maximum atomic E-state index is 13.5. The van der Waals surface area contributed by atoms with Crippen LogP contribution in [0.4, 0.5) is 10.3 Å². The van der Waals surface area contributed by atoms with Gasteiger partial charge in [0.15, 0.2) is 27.5 Å². The number of aromatic nitrogens is 2. The Morgan fingerprint density at radius 1 is 1.00 bits per heavy atom. The van der Waals surface area contributed by atoms with Gasteiger partial charge in [-0.2, -0.15) is 0 Å². The number of carbonyl (C=O) groups is 2. The molecule has 1 amide bonds. The zero-order valence-electron chi connectivity index (χ0n) is 29.8. The molecule has 2 saturated carbocycles. The van der Waals surface area contributed by atoms with Gasteiger partial charge in [0, 0.05) is 23.5 Å². The van der Waals surface area contributed by atoms with Gasteiger partial charge in [-0.1, -0.05) is 68.5 Å². The van der Waals surface area contributed by atoms with Crippen LogP contribution in [0.3, 0.4) is 0 Å². The summed E-state index contributed by atoms with van der Waals surface area (Å²) in [6, 6.07) is 21.5. The summed E-state index contributed by atoms with van der Waals surface area (Å²) >= 11 is 2.86. The maximum absolute atomic E-state index is 13.5. The van der Waals surface area contributed by atoms with Gasteiger partial charge in [-0.05, 0) is 103 Å². The van der Waals surface area contributed by atoms with Crippen molar-refractivity contribution in [1.29, 1.82) is 0 Å². The number of carboxylic acid groups (broad SMARTS) is 1. The van der Waals surface area contributed by atoms with Gasteiger partial charge in [0.25, 0.3) is 5.91 Å². The molecule has 0 spiro atoms. The predicted octanol–water partition coefficient (Wildman–Crippen LogP) is 9.12. The molecule has 0 saturated heterocycles. The minimum Gasteiger partial charge on any atom is -0.490 e. The van der Waals surface area contributed by atoms with Crippen molar-refractivity contribution in [1.82, 2.24) is 9.97 Å². The fraction of sp³-hybridized carbons (Fsp3) is 0.415. The van der Waals surface area contributed by atoms with Gasteiger partial charge < -0.3 is 19.5 Å². The average Bonchev–Trinajstić information content (AvgIpc) is 3.80. The number of carbonyl (C=O) groups excluding carboxylic acids is 1. The van der Waals surface area contributed by atoms with Gasteiger partial charge in [0.05, 0.1) is 16.8 Å². The Bertz CT molecular complexity index is 2090. The summed E-state index contributed by atoms with van der Waals surface area (Å²) in [6.45, 7) is 8.76. The first-order valence-electron chi connectivity index (χ1n) is 18.3. The molecule has 2 bridgehead atoms. The molecule has 4 unspecified atom stereocenters. The van der Waals surface area contributed by atoms with Gasteiger partial charge in [-0.3, -0.25) is 10.1 Å². The highest BCUT2D eigenvalue weighted by Gasteiger charge is 2.52. The lowest BCUT2D eigenvalue weighted by Crippen LogP contribution is -2.44. The highest BCUT2D eigenvalue weighted by atomic mass is 32.1. The Morgan fingerprint density at radius 2 is 1.81 bits per heavy atom. The van der Waals surface area contributed by atoms with E-state index in [1.807, 2.05) is 60.7 Å². The first-order valence-corrected chi connectivity index (χ1v) is 19.9. The van der Waals surface area contributed by atoms with Crippen molar-refractivity contribution in [3.63, 3.8) is 0 Å². The van der Waals surface area contributed by atoms with Crippen molar-refractivity contribution in [3.05, 3.63) is 94.0 Å². The summed E-state index contributed by atoms with van der Waals surface area (Å²) in [4.78, 5) is 37.8. The lowest BCUT2D eigenvalue weighted by Gasteiger charge is -2.46. The Hall–Kier alpha value is -4.48. The molecular weight excluding hydrogens is 693 g/mol. The molecule has 4 atom stereocenters. The number of anilines is 2. The van der Waals surface area contributed by atoms with E-state index in [0.717, 1.165) is 50.6 Å². The molecule has 2 N–H and O–H groups in total. The van der Waals surface area contributed by atoms with E-state index >= 15 is 0 Å². The normalized spacial score (nSPS) is 21.9. The van der Waals surface area contributed by atoms with Crippen molar-refractivity contribution in [2.75, 3.05) is 23.4 Å². The molecule has 3 aliphatic rings. The lowest BCUT2D eigenvalue weighted by molar-refractivity contribution is -0.0172. The van der Waals surface area contributed by atoms with Crippen LogP contribution < -0.4 is 19.7 Å². The summed E-state index contributed by atoms with van der Waals surface area (Å²) in [5.74, 6) is 2.11. The molecule has 270 valence electrons. The molecule has 2 fully saturated rings. The minimum atomic E-state index is -1.04. The van der Waals surface area contributed by atoms with Gasteiger partial charge in [0.1, 0.15) is 6.10 Å². The number of hydrogen-bond acceptors (Lipinski definition) is 9. The van der Waals surface area contributed by atoms with Crippen molar-refractivity contribution in [2.45, 2.75) is 71.9 Å². The quantitative estimate of drug-likeness (QED) is 0.129. The molecule has 0 radical (unpaired) electrons. The van der Waals surface area contributed by atoms with Crippen molar-refractivity contribution >= 4 is 55.0 Å². The topological polar surface area (TPSA) is 114 Å². The highest BCUT2D eigenvalue weighted by molar-refractivity contribution is 7.22. The van der Waals surface area contributed by atoms with Crippen LogP contribution in [0.5, 0.6) is 11.5 Å². The average molecular weight is 737 g/mol. The first kappa shape index (κ1) is 34.6. The second-order valence-electron chi connectivity index (χ2n) is 15.0. The molecule has 3 heterocycles. The number of para-hydroxylation sites is 3. The van der Waals surface area contributed by atoms with Crippen molar-refractivity contribution in [2.24, 2.45) is 23.2 Å². The van der Waals surface area contributed by atoms with E-state index in [-0.39, 0.29) is 17.7 Å². The molecule has 2 aromatic heterocycles. The summed E-state index contributed by atoms with van der Waals surface area (Å²) in [6.07, 6.45) is 5.70. The van der Waals surface area contributed by atoms with E-state index in [4.69, 9.17) is 9.47 Å². The number of ether oxygens (including phenoxy) is 2. The first-order chi connectivity index (χ1) is 25.2. The molecule has 52 heavy (non-hydrogen) atoms. The van der Waals surface area contributed by atoms with E-state index in [1.54, 1.807) is 0 Å². The van der Waals surface area contributed by atoms with E-state index in [0.29, 0.717) is 71.5 Å². The predicted molar refractivity (Wildman–Crippen MR) is 206 cm³/mol. The number of amides is 1. The van der Waals surface area contributed by atoms with E-state index in [1.165, 1.54) is 35.5 Å². The second kappa shape index (κ2) is 14.2. The monoisotopic (exact) mass is 736 g/mol. The number of benzene rings is 3. The number of nitrogens with zero attached hydrogens (tertiary/aromatic N) is 3. The summed E-state index contributed by atoms with van der Waals surface area (Å²) in [7, 11) is 0. The van der Waals surface area contributed by atoms with Crippen molar-refractivity contribution < 1.29 is 24.2 Å². The molecule has 1 aliphatic heterocycles. The van der Waals surface area contributed by atoms with Crippen LogP contribution in [0, 0.1) is 23.2 Å². The maximum Gasteiger partial charge on any atom is 0.355 e. The van der Waals surface area contributed by atoms with Gasteiger partial charge in [0.2, 0.25) is 0 Å². The molecular formula is C41H44N4O5S2. The van der Waals surface area contributed by atoms with Crippen LogP contribution in [0.15, 0.2) is 66.7 Å². The lowest BCUT2D eigenvalue weighted by atomic mass is 9.62. The number of carboxylic acids is 1. The zero-order valence-corrected chi connectivity index (χ0v) is 31.4. The molecule has 5 aromatic rings. The summed E-state index contributed by atoms with van der Waals surface area (Å²) in [5.41, 5.74) is 3.93. The third-order valence-corrected chi connectivity index (χ3v) is 13.8. The highest BCUT2D eigenvalue weighted by Crippen LogP contribution is 2.58. The fourth-order valence-corrected chi connectivity index (χ4v) is 10.8. The van der Waals surface area contributed by atoms with E-state index < -0.39 is 5.97 Å². The largest absolute Gasteiger partial charge is 0.490 e. The van der Waals surface area contributed by atoms with Gasteiger partial charge in [-0.25, -0.2) is 14.8 Å². The van der Waals surface area contributed by atoms with Crippen LogP contribution in [0.2, 0.25) is 0 Å². The summed E-state index contributed by atoms with van der Waals surface area (Å²) in [5, 5.41) is 14.3. The Morgan fingerprint density at radius 3 is 2.63 bits per heavy atom. The standard InChI is InChI=1S/C41H44N4O5S2/c1-24-29-18-17-26(41(29,2)3)22-33(24)50-32-14-6-5-13-31(32)49-21-9-16-35-36(38(47)48)43-40(52-35)45-20-19-25-10-8-11-27(28(25)23-45)37(46)44-39-42-30-12-4-7-15-34(30)51-39/h4-8,10-15,24,26,29,33H,9,16-23H2,1-3H3,(H,47,48)(H,42,44,46). The molecule has 9 nitrogen and oxygen atoms in total. The second-order valence-corrected chi connectivity index (χ2v) is 17.1. The number of thiazole rings is 2. The van der Waals surface area contributed by atoms with Gasteiger partial charge in [-0.15, -0.1) is 11.3 Å². The molecule has 11 heteroatoms. The van der Waals surface area contributed by atoms with Crippen LogP contribution in [0.25, 0.3) is 10.2 Å². The SMILES string of the molecule is CC1C(Oc2ccccc2OCCCc2sc(N3CCc4cccc(C(=O)Nc5nc6ccccc6s5)c4C3)nc2C(=O)O)CC2CCC1C2(C)C. The van der Waals surface area contributed by atoms with Crippen LogP contribution in [-0.2, 0) is 19.4 Å². The van der Waals surface area contributed by atoms with Crippen LogP contribution >= 0.6 is 22.7 Å². The minimum absolute atomic E-state index is 0.0836. The zero-order chi connectivity index (χ0) is 36.0. The Labute approximate surface area is 312 Å². The summed E-state index contributed by atoms with van der Waals surface area (Å²) < 4.78 is 13.9. The Kier molecular flexibility index (Phi) is 9.42. The van der Waals surface area contributed by atoms with E-state index in [9.17, 15) is 14.7 Å². The van der Waals surface area contributed by atoms with Crippen LogP contribution in [0.1, 0.15) is 83.3 Å². The fourth-order valence-electron chi connectivity index (χ4n) is 8.80. The van der Waals surface area contributed by atoms with Gasteiger partial charge >= 0.3 is 5.97 Å². The number of fused-ring (bicyclic) bond motifs is 4. The third kappa shape index (κ3) is 6.65. The smallest absolute Gasteiger partial charge is 0.355 e.